The summed E-state index contributed by atoms with van der Waals surface area (Å²) in [6.45, 7) is 4.76. The molecular formula is C20H22Cl2N3O5PS. The normalized spacial score (nSPS) is 12.8. The molecule has 0 radical (unpaired) electrons. The highest BCUT2D eigenvalue weighted by Gasteiger charge is 2.54. The minimum atomic E-state index is -5.01. The number of rotatable bonds is 7. The van der Waals surface area contributed by atoms with Crippen LogP contribution >= 0.6 is 30.8 Å². The zero-order chi connectivity index (χ0) is 23.9. The van der Waals surface area contributed by atoms with E-state index >= 15 is 0 Å². The number of halogens is 2. The lowest BCUT2D eigenvalue weighted by Gasteiger charge is -2.43. The third-order valence-corrected chi connectivity index (χ3v) is 9.72. The second-order valence-electron chi connectivity index (χ2n) is 7.30. The van der Waals surface area contributed by atoms with Gasteiger partial charge in [0.05, 0.1) is 21.8 Å². The van der Waals surface area contributed by atoms with Crippen molar-refractivity contribution in [1.29, 1.82) is 0 Å². The average Bonchev–Trinajstić information content (AvgIpc) is 2.70. The van der Waals surface area contributed by atoms with E-state index in [1.165, 1.54) is 38.1 Å². The van der Waals surface area contributed by atoms with Crippen molar-refractivity contribution in [3.05, 3.63) is 58.2 Å². The fourth-order valence-corrected chi connectivity index (χ4v) is 8.10. The van der Waals surface area contributed by atoms with Crippen LogP contribution in [-0.4, -0.2) is 33.7 Å². The van der Waals surface area contributed by atoms with Gasteiger partial charge in [-0.2, -0.15) is 10.2 Å². The molecule has 0 amide bonds. The molecule has 32 heavy (non-hydrogen) atoms. The number of fused-ring (bicyclic) bond motifs is 1. The number of aromatic nitrogens is 2. The van der Waals surface area contributed by atoms with E-state index in [-0.39, 0.29) is 33.5 Å². The van der Waals surface area contributed by atoms with E-state index in [0.717, 1.165) is 4.31 Å². The van der Waals surface area contributed by atoms with Crippen molar-refractivity contribution in [2.75, 3.05) is 4.31 Å². The predicted octanol–water partition coefficient (Wildman–Crippen LogP) is 5.13. The minimum Gasteiger partial charge on any atom is -0.323 e. The first-order chi connectivity index (χ1) is 14.9. The molecule has 0 fully saturated rings. The molecule has 1 aromatic heterocycles. The number of hydrogen-bond acceptors (Lipinski definition) is 5. The molecular weight excluding hydrogens is 496 g/mol. The van der Waals surface area contributed by atoms with Crippen molar-refractivity contribution >= 4 is 57.4 Å². The summed E-state index contributed by atoms with van der Waals surface area (Å²) >= 11 is 12.1. The van der Waals surface area contributed by atoms with Gasteiger partial charge in [0.1, 0.15) is 0 Å². The van der Waals surface area contributed by atoms with Crippen LogP contribution < -0.4 is 4.31 Å². The van der Waals surface area contributed by atoms with Crippen molar-refractivity contribution in [2.45, 2.75) is 43.8 Å². The summed E-state index contributed by atoms with van der Waals surface area (Å²) < 4.78 is 41.7. The maximum Gasteiger partial charge on any atom is 0.351 e. The van der Waals surface area contributed by atoms with Gasteiger partial charge in [-0.3, -0.25) is 4.57 Å². The van der Waals surface area contributed by atoms with Crippen molar-refractivity contribution < 1.29 is 22.8 Å². The summed E-state index contributed by atoms with van der Waals surface area (Å²) in [6.07, 6.45) is -0.315. The number of nitrogens with zero attached hydrogens (tertiary/aromatic N) is 3. The van der Waals surface area contributed by atoms with Gasteiger partial charge in [-0.1, -0.05) is 43.1 Å². The van der Waals surface area contributed by atoms with Crippen molar-refractivity contribution in [1.82, 2.24) is 10.2 Å². The molecule has 0 bridgehead atoms. The van der Waals surface area contributed by atoms with Gasteiger partial charge in [0.25, 0.3) is 10.0 Å². The van der Waals surface area contributed by atoms with Crippen LogP contribution in [-0.2, 0) is 14.6 Å². The van der Waals surface area contributed by atoms with Gasteiger partial charge in [-0.15, -0.1) is 0 Å². The van der Waals surface area contributed by atoms with Crippen LogP contribution in [0.15, 0.2) is 47.4 Å². The predicted molar refractivity (Wildman–Crippen MR) is 126 cm³/mol. The standard InChI is InChI=1S/C20H22Cl2N3O5PS/c1-4-20(5-2,31(26,27)28)25(32(29,30)16-11-14(21)10-15(22)12-16)19-8-6-7-18-17(19)9-13(3)23-24-18/h6-12H,4-5H2,1-3H3,(H2,26,27,28). The molecule has 0 saturated carbocycles. The second-order valence-corrected chi connectivity index (χ2v) is 11.9. The topological polar surface area (TPSA) is 121 Å². The van der Waals surface area contributed by atoms with E-state index in [1.54, 1.807) is 25.1 Å². The molecule has 0 aliphatic carbocycles. The Morgan fingerprint density at radius 1 is 1.03 bits per heavy atom. The van der Waals surface area contributed by atoms with Crippen LogP contribution in [0.3, 0.4) is 0 Å². The average molecular weight is 518 g/mol. The molecule has 2 aromatic carbocycles. The molecule has 0 unspecified atom stereocenters. The molecule has 8 nitrogen and oxygen atoms in total. The summed E-state index contributed by atoms with van der Waals surface area (Å²) in [4.78, 5) is 20.6. The van der Waals surface area contributed by atoms with E-state index in [9.17, 15) is 22.8 Å². The summed E-state index contributed by atoms with van der Waals surface area (Å²) in [5.74, 6) is 0. The third-order valence-electron chi connectivity index (χ3n) is 5.37. The van der Waals surface area contributed by atoms with Gasteiger partial charge >= 0.3 is 7.60 Å². The molecule has 172 valence electrons. The highest BCUT2D eigenvalue weighted by molar-refractivity contribution is 7.93. The van der Waals surface area contributed by atoms with E-state index in [1.807, 2.05) is 0 Å². The Labute approximate surface area is 196 Å². The summed E-state index contributed by atoms with van der Waals surface area (Å²) in [5.41, 5.74) is 0.968. The number of aryl methyl sites for hydroxylation is 1. The largest absolute Gasteiger partial charge is 0.351 e. The summed E-state index contributed by atoms with van der Waals surface area (Å²) in [5, 5.41) is 6.56. The Balaban J connectivity index is 2.49. The quantitative estimate of drug-likeness (QED) is 0.416. The molecule has 12 heteroatoms. The lowest BCUT2D eigenvalue weighted by atomic mass is 10.1. The maximum absolute atomic E-state index is 14.0. The number of hydrogen-bond donors (Lipinski definition) is 2. The maximum atomic E-state index is 14.0. The lowest BCUT2D eigenvalue weighted by Crippen LogP contribution is -2.51. The first-order valence-electron chi connectivity index (χ1n) is 9.67. The molecule has 3 aromatic rings. The van der Waals surface area contributed by atoms with Gasteiger partial charge in [-0.25, -0.2) is 12.7 Å². The molecule has 0 atom stereocenters. The van der Waals surface area contributed by atoms with Crippen LogP contribution in [0.2, 0.25) is 10.0 Å². The van der Waals surface area contributed by atoms with Gasteiger partial charge < -0.3 is 9.79 Å². The van der Waals surface area contributed by atoms with Gasteiger partial charge in [0.2, 0.25) is 0 Å². The lowest BCUT2D eigenvalue weighted by molar-refractivity contribution is 0.317. The molecule has 1 heterocycles. The fourth-order valence-electron chi connectivity index (χ4n) is 3.75. The van der Waals surface area contributed by atoms with Crippen LogP contribution in [0.25, 0.3) is 10.9 Å². The molecule has 0 saturated heterocycles. The fraction of sp³-hybridized carbons (Fsp3) is 0.300. The van der Waals surface area contributed by atoms with Crippen molar-refractivity contribution in [3.63, 3.8) is 0 Å². The van der Waals surface area contributed by atoms with Gasteiger partial charge in [0, 0.05) is 15.4 Å². The SMILES string of the molecule is CCC(CC)(N(c1cccc2nnc(C)cc12)S(=O)(=O)c1cc(Cl)cc(Cl)c1)P(=O)(O)O. The Morgan fingerprint density at radius 3 is 2.16 bits per heavy atom. The van der Waals surface area contributed by atoms with E-state index in [4.69, 9.17) is 23.2 Å². The third kappa shape index (κ3) is 4.25. The monoisotopic (exact) mass is 517 g/mol. The first kappa shape index (κ1) is 24.9. The first-order valence-corrected chi connectivity index (χ1v) is 13.5. The minimum absolute atomic E-state index is 0.0728. The molecule has 0 aliphatic rings. The number of sulfonamides is 1. The smallest absolute Gasteiger partial charge is 0.323 e. The van der Waals surface area contributed by atoms with Gasteiger partial charge in [-0.05, 0) is 56.2 Å². The van der Waals surface area contributed by atoms with E-state index in [2.05, 4.69) is 10.2 Å². The Bertz CT molecular complexity index is 1310. The van der Waals surface area contributed by atoms with Crippen LogP contribution in [0.4, 0.5) is 5.69 Å². The molecule has 3 rings (SSSR count). The highest BCUT2D eigenvalue weighted by Crippen LogP contribution is 2.59. The summed E-state index contributed by atoms with van der Waals surface area (Å²) in [7, 11) is -9.56. The van der Waals surface area contributed by atoms with E-state index < -0.39 is 22.9 Å². The van der Waals surface area contributed by atoms with Gasteiger partial charge in [0.15, 0.2) is 5.28 Å². The molecule has 2 N–H and O–H groups in total. The molecule has 0 spiro atoms. The van der Waals surface area contributed by atoms with Crippen LogP contribution in [0, 0.1) is 6.92 Å². The Morgan fingerprint density at radius 2 is 1.62 bits per heavy atom. The number of benzene rings is 2. The van der Waals surface area contributed by atoms with Crippen molar-refractivity contribution in [2.24, 2.45) is 0 Å². The zero-order valence-electron chi connectivity index (χ0n) is 17.5. The van der Waals surface area contributed by atoms with E-state index in [0.29, 0.717) is 16.6 Å². The summed E-state index contributed by atoms with van der Waals surface area (Å²) in [6, 6.07) is 10.1. The van der Waals surface area contributed by atoms with Crippen LogP contribution in [0.1, 0.15) is 32.4 Å². The van der Waals surface area contributed by atoms with Crippen LogP contribution in [0.5, 0.6) is 0 Å². The highest BCUT2D eigenvalue weighted by atomic mass is 35.5. The number of anilines is 1. The second kappa shape index (κ2) is 8.89. The Kier molecular flexibility index (Phi) is 6.92. The Hall–Kier alpha value is -1.74. The molecule has 0 aliphatic heterocycles. The van der Waals surface area contributed by atoms with Crippen molar-refractivity contribution in [3.8, 4) is 0 Å². The zero-order valence-corrected chi connectivity index (χ0v) is 20.8.